The molecule has 0 fully saturated rings. The van der Waals surface area contributed by atoms with Gasteiger partial charge in [-0.15, -0.1) is 0 Å². The number of allylic oxidation sites excluding steroid dienone is 4. The average Bonchev–Trinajstić information content (AvgIpc) is 2.76. The minimum Gasteiger partial charge on any atom is -0.0808 e. The van der Waals surface area contributed by atoms with Gasteiger partial charge in [0.05, 0.1) is 0 Å². The molecule has 0 heterocycles. The van der Waals surface area contributed by atoms with E-state index in [1.54, 1.807) is 5.57 Å². The molecule has 88 valence electrons. The molecule has 2 aromatic rings. The predicted octanol–water partition coefficient (Wildman–Crippen LogP) is 4.75. The number of hydrogen-bond acceptors (Lipinski definition) is 0. The molecule has 0 saturated heterocycles. The first-order valence-electron chi connectivity index (χ1n) is 6.74. The van der Waals surface area contributed by atoms with Crippen LogP contribution in [0.25, 0.3) is 16.3 Å². The third-order valence-electron chi connectivity index (χ3n) is 4.23. The van der Waals surface area contributed by atoms with E-state index in [-0.39, 0.29) is 0 Å². The van der Waals surface area contributed by atoms with Crippen LogP contribution in [0.4, 0.5) is 0 Å². The van der Waals surface area contributed by atoms with Crippen LogP contribution in [-0.2, 0) is 6.42 Å². The second kappa shape index (κ2) is 3.58. The van der Waals surface area contributed by atoms with Crippen LogP contribution in [0.1, 0.15) is 24.5 Å². The topological polar surface area (TPSA) is 0 Å². The molecule has 0 heteroatoms. The maximum absolute atomic E-state index is 2.36. The molecule has 0 N–H and O–H groups in total. The van der Waals surface area contributed by atoms with Gasteiger partial charge in [0.2, 0.25) is 0 Å². The first kappa shape index (κ1) is 10.1. The van der Waals surface area contributed by atoms with Gasteiger partial charge in [-0.25, -0.2) is 0 Å². The Morgan fingerprint density at radius 3 is 2.89 bits per heavy atom. The van der Waals surface area contributed by atoms with Crippen LogP contribution in [0.15, 0.2) is 54.1 Å². The Morgan fingerprint density at radius 2 is 1.94 bits per heavy atom. The fourth-order valence-electron chi connectivity index (χ4n) is 3.38. The summed E-state index contributed by atoms with van der Waals surface area (Å²) in [6.45, 7) is 2.31. The van der Waals surface area contributed by atoms with Gasteiger partial charge in [-0.05, 0) is 46.2 Å². The molecule has 0 aromatic heterocycles. The monoisotopic (exact) mass is 232 g/mol. The minimum atomic E-state index is 0.698. The van der Waals surface area contributed by atoms with Crippen molar-refractivity contribution >= 4 is 16.3 Å². The number of hydrogen-bond donors (Lipinski definition) is 0. The van der Waals surface area contributed by atoms with E-state index in [2.05, 4.69) is 55.5 Å². The fraction of sp³-hybridized carbons (Fsp3) is 0.222. The smallest absolute Gasteiger partial charge is 0.00513 e. The Balaban J connectivity index is 2.01. The van der Waals surface area contributed by atoms with Crippen LogP contribution in [-0.4, -0.2) is 0 Å². The molecule has 1 unspecified atom stereocenters. The molecule has 0 nitrogen and oxygen atoms in total. The quantitative estimate of drug-likeness (QED) is 0.615. The SMILES string of the molecule is CC1C=CC2=C(Cc3ccc4ccccc4c32)C1. The lowest BCUT2D eigenvalue weighted by Gasteiger charge is -2.15. The molecule has 18 heavy (non-hydrogen) atoms. The van der Waals surface area contributed by atoms with Crippen molar-refractivity contribution in [3.63, 3.8) is 0 Å². The summed E-state index contributed by atoms with van der Waals surface area (Å²) in [7, 11) is 0. The van der Waals surface area contributed by atoms with Crippen molar-refractivity contribution in [3.8, 4) is 0 Å². The maximum Gasteiger partial charge on any atom is -0.00513 e. The highest BCUT2D eigenvalue weighted by molar-refractivity contribution is 6.00. The van der Waals surface area contributed by atoms with Gasteiger partial charge in [0.15, 0.2) is 0 Å². The Bertz CT molecular complexity index is 701. The molecule has 2 aromatic carbocycles. The summed E-state index contributed by atoms with van der Waals surface area (Å²) in [6, 6.07) is 13.3. The first-order chi connectivity index (χ1) is 8.83. The molecule has 0 amide bonds. The normalized spacial score (nSPS) is 21.3. The van der Waals surface area contributed by atoms with Gasteiger partial charge in [0.25, 0.3) is 0 Å². The van der Waals surface area contributed by atoms with Crippen LogP contribution in [0, 0.1) is 5.92 Å². The van der Waals surface area contributed by atoms with Gasteiger partial charge >= 0.3 is 0 Å². The van der Waals surface area contributed by atoms with Crippen LogP contribution in [0.5, 0.6) is 0 Å². The maximum atomic E-state index is 2.36. The summed E-state index contributed by atoms with van der Waals surface area (Å²) in [6.07, 6.45) is 7.09. The van der Waals surface area contributed by atoms with Gasteiger partial charge in [0, 0.05) is 0 Å². The van der Waals surface area contributed by atoms with Crippen molar-refractivity contribution in [3.05, 3.63) is 65.3 Å². The van der Waals surface area contributed by atoms with Gasteiger partial charge in [-0.2, -0.15) is 0 Å². The number of rotatable bonds is 0. The Morgan fingerprint density at radius 1 is 1.06 bits per heavy atom. The zero-order valence-electron chi connectivity index (χ0n) is 10.6. The van der Waals surface area contributed by atoms with E-state index in [9.17, 15) is 0 Å². The van der Waals surface area contributed by atoms with E-state index in [0.29, 0.717) is 5.92 Å². The molecule has 0 spiro atoms. The fourth-order valence-corrected chi connectivity index (χ4v) is 3.38. The summed E-state index contributed by atoms with van der Waals surface area (Å²) in [5.74, 6) is 0.698. The lowest BCUT2D eigenvalue weighted by Crippen LogP contribution is -1.98. The lowest BCUT2D eigenvalue weighted by molar-refractivity contribution is 0.702. The van der Waals surface area contributed by atoms with Crippen LogP contribution >= 0.6 is 0 Å². The highest BCUT2D eigenvalue weighted by Gasteiger charge is 2.24. The molecule has 2 aliphatic rings. The van der Waals surface area contributed by atoms with E-state index in [4.69, 9.17) is 0 Å². The van der Waals surface area contributed by atoms with Crippen molar-refractivity contribution in [2.45, 2.75) is 19.8 Å². The van der Waals surface area contributed by atoms with E-state index < -0.39 is 0 Å². The van der Waals surface area contributed by atoms with Gasteiger partial charge in [-0.3, -0.25) is 0 Å². The van der Waals surface area contributed by atoms with Gasteiger partial charge in [0.1, 0.15) is 0 Å². The van der Waals surface area contributed by atoms with Crippen LogP contribution in [0.3, 0.4) is 0 Å². The summed E-state index contributed by atoms with van der Waals surface area (Å²) >= 11 is 0. The highest BCUT2D eigenvalue weighted by Crippen LogP contribution is 2.42. The highest BCUT2D eigenvalue weighted by atomic mass is 14.3. The molecular formula is C18H16. The van der Waals surface area contributed by atoms with E-state index >= 15 is 0 Å². The third-order valence-corrected chi connectivity index (χ3v) is 4.23. The van der Waals surface area contributed by atoms with Crippen molar-refractivity contribution < 1.29 is 0 Å². The predicted molar refractivity (Wildman–Crippen MR) is 77.5 cm³/mol. The zero-order chi connectivity index (χ0) is 12.1. The Hall–Kier alpha value is -1.82. The van der Waals surface area contributed by atoms with Crippen molar-refractivity contribution in [2.24, 2.45) is 5.92 Å². The molecule has 0 radical (unpaired) electrons. The summed E-state index contributed by atoms with van der Waals surface area (Å²) in [5.41, 5.74) is 6.14. The molecule has 0 saturated carbocycles. The molecule has 1 atom stereocenters. The van der Waals surface area contributed by atoms with Crippen molar-refractivity contribution in [2.75, 3.05) is 0 Å². The molecule has 0 bridgehead atoms. The Kier molecular flexibility index (Phi) is 2.02. The van der Waals surface area contributed by atoms with E-state index in [0.717, 1.165) is 6.42 Å². The van der Waals surface area contributed by atoms with E-state index in [1.807, 2.05) is 0 Å². The molecule has 0 aliphatic heterocycles. The summed E-state index contributed by atoms with van der Waals surface area (Å²) in [5, 5.41) is 2.77. The number of fused-ring (bicyclic) bond motifs is 4. The largest absolute Gasteiger partial charge is 0.0808 e. The summed E-state index contributed by atoms with van der Waals surface area (Å²) in [4.78, 5) is 0. The Labute approximate surface area is 108 Å². The number of benzene rings is 2. The first-order valence-corrected chi connectivity index (χ1v) is 6.74. The molecular weight excluding hydrogens is 216 g/mol. The van der Waals surface area contributed by atoms with E-state index in [1.165, 1.54) is 33.9 Å². The third kappa shape index (κ3) is 1.32. The molecule has 2 aliphatic carbocycles. The zero-order valence-corrected chi connectivity index (χ0v) is 10.6. The van der Waals surface area contributed by atoms with Crippen LogP contribution < -0.4 is 0 Å². The van der Waals surface area contributed by atoms with Crippen LogP contribution in [0.2, 0.25) is 0 Å². The molecule has 4 rings (SSSR count). The lowest BCUT2D eigenvalue weighted by atomic mass is 9.90. The van der Waals surface area contributed by atoms with Crippen molar-refractivity contribution in [1.29, 1.82) is 0 Å². The minimum absolute atomic E-state index is 0.698. The van der Waals surface area contributed by atoms with Crippen molar-refractivity contribution in [1.82, 2.24) is 0 Å². The summed E-state index contributed by atoms with van der Waals surface area (Å²) < 4.78 is 0. The van der Waals surface area contributed by atoms with Gasteiger partial charge in [-0.1, -0.05) is 61.0 Å². The second-order valence-electron chi connectivity index (χ2n) is 5.56. The average molecular weight is 232 g/mol. The second-order valence-corrected chi connectivity index (χ2v) is 5.56. The standard InChI is InChI=1S/C18H16/c1-12-6-9-17-15(10-12)11-14-8-7-13-4-2-3-5-16(13)18(14)17/h2-9,12H,10-11H2,1H3. The van der Waals surface area contributed by atoms with Gasteiger partial charge < -0.3 is 0 Å².